The maximum absolute atomic E-state index is 5.88. The van der Waals surface area contributed by atoms with Crippen molar-refractivity contribution < 1.29 is 0 Å². The van der Waals surface area contributed by atoms with Crippen LogP contribution in [-0.4, -0.2) is 0 Å². The van der Waals surface area contributed by atoms with Crippen LogP contribution in [0.4, 0.5) is 5.69 Å². The Morgan fingerprint density at radius 1 is 1.15 bits per heavy atom. The zero-order valence-corrected chi connectivity index (χ0v) is 8.27. The summed E-state index contributed by atoms with van der Waals surface area (Å²) in [6, 6.07) is 10.3. The van der Waals surface area contributed by atoms with Gasteiger partial charge in [0, 0.05) is 15.8 Å². The van der Waals surface area contributed by atoms with Crippen LogP contribution in [-0.2, 0) is 0 Å². The molecule has 0 unspecified atom stereocenters. The number of anilines is 1. The number of aryl methyl sites for hydroxylation is 1. The lowest BCUT2D eigenvalue weighted by Gasteiger charge is -2.01. The van der Waals surface area contributed by atoms with E-state index in [9.17, 15) is 0 Å². The Balaban J connectivity index is 2.59. The molecule has 1 aromatic carbocycles. The Labute approximate surface area is 81.8 Å². The third-order valence-electron chi connectivity index (χ3n) is 2.07. The summed E-state index contributed by atoms with van der Waals surface area (Å²) in [6.45, 7) is 2.10. The van der Waals surface area contributed by atoms with E-state index in [1.54, 1.807) is 11.3 Å². The molecule has 1 aromatic heterocycles. The normalized spacial score (nSPS) is 10.2. The smallest absolute Gasteiger partial charge is 0.0505 e. The highest BCUT2D eigenvalue weighted by Crippen LogP contribution is 2.33. The van der Waals surface area contributed by atoms with Gasteiger partial charge in [0.15, 0.2) is 0 Å². The molecule has 0 saturated carbocycles. The van der Waals surface area contributed by atoms with Gasteiger partial charge in [-0.05, 0) is 12.5 Å². The molecule has 0 fully saturated rings. The number of nitrogen functional groups attached to an aromatic ring is 1. The van der Waals surface area contributed by atoms with Crippen molar-refractivity contribution in [2.24, 2.45) is 0 Å². The summed E-state index contributed by atoms with van der Waals surface area (Å²) >= 11 is 1.70. The fourth-order valence-corrected chi connectivity index (χ4v) is 2.22. The van der Waals surface area contributed by atoms with Gasteiger partial charge in [0.2, 0.25) is 0 Å². The number of thiophene rings is 1. The van der Waals surface area contributed by atoms with Crippen LogP contribution in [0.3, 0.4) is 0 Å². The van der Waals surface area contributed by atoms with Gasteiger partial charge in [-0.2, -0.15) is 0 Å². The lowest BCUT2D eigenvalue weighted by Crippen LogP contribution is -1.85. The van der Waals surface area contributed by atoms with Crippen molar-refractivity contribution in [2.75, 3.05) is 5.73 Å². The fourth-order valence-electron chi connectivity index (χ4n) is 1.45. The lowest BCUT2D eigenvalue weighted by molar-refractivity contribution is 1.58. The van der Waals surface area contributed by atoms with Crippen LogP contribution < -0.4 is 5.73 Å². The summed E-state index contributed by atoms with van der Waals surface area (Å²) in [7, 11) is 0. The molecule has 1 nitrogen and oxygen atoms in total. The molecule has 0 saturated heterocycles. The van der Waals surface area contributed by atoms with Crippen molar-refractivity contribution in [3.63, 3.8) is 0 Å². The summed E-state index contributed by atoms with van der Waals surface area (Å²) in [5.74, 6) is 0. The number of nitrogens with two attached hydrogens (primary N) is 1. The van der Waals surface area contributed by atoms with E-state index in [0.717, 1.165) is 5.69 Å². The van der Waals surface area contributed by atoms with Crippen LogP contribution in [0, 0.1) is 6.92 Å². The molecule has 2 aromatic rings. The Morgan fingerprint density at radius 3 is 2.38 bits per heavy atom. The summed E-state index contributed by atoms with van der Waals surface area (Å²) in [6.07, 6.45) is 0. The molecule has 0 aliphatic heterocycles. The van der Waals surface area contributed by atoms with Crippen molar-refractivity contribution in [3.05, 3.63) is 40.6 Å². The van der Waals surface area contributed by atoms with Crippen molar-refractivity contribution in [3.8, 4) is 11.1 Å². The minimum Gasteiger partial charge on any atom is -0.398 e. The Morgan fingerprint density at radius 2 is 1.85 bits per heavy atom. The highest BCUT2D eigenvalue weighted by molar-refractivity contribution is 7.11. The molecule has 0 amide bonds. The third kappa shape index (κ3) is 1.45. The predicted octanol–water partition coefficient (Wildman–Crippen LogP) is 3.31. The minimum absolute atomic E-state index is 0.883. The second kappa shape index (κ2) is 3.23. The molecule has 2 rings (SSSR count). The predicted molar refractivity (Wildman–Crippen MR) is 58.9 cm³/mol. The van der Waals surface area contributed by atoms with Crippen LogP contribution >= 0.6 is 11.3 Å². The average Bonchev–Trinajstić information content (AvgIpc) is 2.48. The van der Waals surface area contributed by atoms with E-state index in [1.807, 2.05) is 23.6 Å². The van der Waals surface area contributed by atoms with Gasteiger partial charge in [0.05, 0.1) is 5.69 Å². The molecule has 66 valence electrons. The van der Waals surface area contributed by atoms with Crippen LogP contribution in [0.1, 0.15) is 4.88 Å². The van der Waals surface area contributed by atoms with Crippen molar-refractivity contribution in [2.45, 2.75) is 6.92 Å². The third-order valence-corrected chi connectivity index (χ3v) is 3.00. The largest absolute Gasteiger partial charge is 0.398 e. The number of rotatable bonds is 1. The van der Waals surface area contributed by atoms with E-state index >= 15 is 0 Å². The molecule has 0 radical (unpaired) electrons. The van der Waals surface area contributed by atoms with Crippen LogP contribution in [0.15, 0.2) is 35.7 Å². The first-order valence-corrected chi connectivity index (χ1v) is 5.06. The average molecular weight is 189 g/mol. The summed E-state index contributed by atoms with van der Waals surface area (Å²) in [4.78, 5) is 1.28. The van der Waals surface area contributed by atoms with E-state index in [4.69, 9.17) is 5.73 Å². The molecule has 0 atom stereocenters. The molecule has 0 aliphatic rings. The molecular formula is C11H11NS. The van der Waals surface area contributed by atoms with E-state index in [1.165, 1.54) is 16.0 Å². The summed E-state index contributed by atoms with van der Waals surface area (Å²) in [5, 5.41) is 2.00. The van der Waals surface area contributed by atoms with E-state index in [2.05, 4.69) is 19.1 Å². The highest BCUT2D eigenvalue weighted by atomic mass is 32.1. The maximum Gasteiger partial charge on any atom is 0.0505 e. The zero-order valence-electron chi connectivity index (χ0n) is 7.45. The van der Waals surface area contributed by atoms with Gasteiger partial charge >= 0.3 is 0 Å². The quantitative estimate of drug-likeness (QED) is 0.731. The number of hydrogen-bond acceptors (Lipinski definition) is 2. The zero-order chi connectivity index (χ0) is 9.26. The van der Waals surface area contributed by atoms with E-state index < -0.39 is 0 Å². The lowest BCUT2D eigenvalue weighted by atomic mass is 10.1. The molecule has 0 aliphatic carbocycles. The van der Waals surface area contributed by atoms with Crippen molar-refractivity contribution >= 4 is 17.0 Å². The molecule has 0 spiro atoms. The Bertz CT molecular complexity index is 384. The van der Waals surface area contributed by atoms with Gasteiger partial charge in [0.25, 0.3) is 0 Å². The van der Waals surface area contributed by atoms with Crippen molar-refractivity contribution in [1.29, 1.82) is 0 Å². The first-order chi connectivity index (χ1) is 6.29. The van der Waals surface area contributed by atoms with E-state index in [-0.39, 0.29) is 0 Å². The monoisotopic (exact) mass is 189 g/mol. The molecular weight excluding hydrogens is 178 g/mol. The Kier molecular flexibility index (Phi) is 2.07. The van der Waals surface area contributed by atoms with Crippen molar-refractivity contribution in [1.82, 2.24) is 0 Å². The number of benzene rings is 1. The maximum atomic E-state index is 5.88. The fraction of sp³-hybridized carbons (Fsp3) is 0.0909. The van der Waals surface area contributed by atoms with Gasteiger partial charge in [-0.3, -0.25) is 0 Å². The standard InChI is InChI=1S/C11H11NS/c1-8-11(10(12)7-13-8)9-5-3-2-4-6-9/h2-7H,12H2,1H3. The van der Waals surface area contributed by atoms with Crippen LogP contribution in [0.5, 0.6) is 0 Å². The topological polar surface area (TPSA) is 26.0 Å². The molecule has 2 heteroatoms. The molecule has 2 N–H and O–H groups in total. The van der Waals surface area contributed by atoms with Gasteiger partial charge in [-0.15, -0.1) is 11.3 Å². The van der Waals surface area contributed by atoms with Gasteiger partial charge in [-0.25, -0.2) is 0 Å². The molecule has 13 heavy (non-hydrogen) atoms. The van der Waals surface area contributed by atoms with Gasteiger partial charge in [-0.1, -0.05) is 30.3 Å². The summed E-state index contributed by atoms with van der Waals surface area (Å²) in [5.41, 5.74) is 9.16. The number of hydrogen-bond donors (Lipinski definition) is 1. The van der Waals surface area contributed by atoms with Crippen LogP contribution in [0.25, 0.3) is 11.1 Å². The first kappa shape index (κ1) is 8.32. The van der Waals surface area contributed by atoms with Gasteiger partial charge < -0.3 is 5.73 Å². The minimum atomic E-state index is 0.883. The molecule has 0 bridgehead atoms. The first-order valence-electron chi connectivity index (χ1n) is 4.18. The summed E-state index contributed by atoms with van der Waals surface area (Å²) < 4.78 is 0. The van der Waals surface area contributed by atoms with Gasteiger partial charge in [0.1, 0.15) is 0 Å². The second-order valence-electron chi connectivity index (χ2n) is 2.99. The van der Waals surface area contributed by atoms with Crippen LogP contribution in [0.2, 0.25) is 0 Å². The second-order valence-corrected chi connectivity index (χ2v) is 4.07. The Hall–Kier alpha value is -1.28. The highest BCUT2D eigenvalue weighted by Gasteiger charge is 2.06. The SMILES string of the molecule is Cc1scc(N)c1-c1ccccc1. The molecule has 1 heterocycles. The van der Waals surface area contributed by atoms with E-state index in [0.29, 0.717) is 0 Å².